The van der Waals surface area contributed by atoms with Crippen molar-refractivity contribution in [3.05, 3.63) is 59.7 Å². The summed E-state index contributed by atoms with van der Waals surface area (Å²) in [6, 6.07) is 12.9. The monoisotopic (exact) mass is 368 g/mol. The van der Waals surface area contributed by atoms with E-state index >= 15 is 0 Å². The van der Waals surface area contributed by atoms with Crippen molar-refractivity contribution in [2.24, 2.45) is 0 Å². The van der Waals surface area contributed by atoms with Gasteiger partial charge in [-0.3, -0.25) is 14.5 Å². The van der Waals surface area contributed by atoms with Gasteiger partial charge in [0.05, 0.1) is 20.8 Å². The van der Waals surface area contributed by atoms with Crippen molar-refractivity contribution in [3.63, 3.8) is 0 Å². The van der Waals surface area contributed by atoms with Crippen LogP contribution in [-0.2, 0) is 10.3 Å². The Morgan fingerprint density at radius 2 is 1.70 bits per heavy atom. The van der Waals surface area contributed by atoms with Crippen molar-refractivity contribution >= 4 is 17.7 Å². The number of nitrogens with one attached hydrogen (secondary N) is 1. The maximum absolute atomic E-state index is 13.0. The number of carbonyl (C=O) groups excluding carboxylic acids is 3. The van der Waals surface area contributed by atoms with Crippen molar-refractivity contribution in [2.75, 3.05) is 20.8 Å². The lowest BCUT2D eigenvalue weighted by atomic mass is 9.91. The predicted octanol–water partition coefficient (Wildman–Crippen LogP) is 2.35. The maximum Gasteiger partial charge on any atom is 0.325 e. The molecule has 1 aliphatic heterocycles. The number of hydrogen-bond donors (Lipinski definition) is 1. The number of ketones is 1. The summed E-state index contributed by atoms with van der Waals surface area (Å²) in [6.07, 6.45) is 0. The molecule has 2 aromatic carbocycles. The minimum atomic E-state index is -1.30. The molecule has 27 heavy (non-hydrogen) atoms. The zero-order chi connectivity index (χ0) is 19.6. The fourth-order valence-corrected chi connectivity index (χ4v) is 3.04. The molecule has 7 heteroatoms. The second-order valence-electron chi connectivity index (χ2n) is 6.31. The minimum Gasteiger partial charge on any atom is -0.493 e. The Bertz CT molecular complexity index is 897. The topological polar surface area (TPSA) is 84.9 Å². The zero-order valence-electron chi connectivity index (χ0n) is 15.3. The van der Waals surface area contributed by atoms with E-state index in [1.54, 1.807) is 55.5 Å². The molecular weight excluding hydrogens is 348 g/mol. The van der Waals surface area contributed by atoms with E-state index in [0.29, 0.717) is 22.6 Å². The van der Waals surface area contributed by atoms with Crippen LogP contribution in [0.2, 0.25) is 0 Å². The fourth-order valence-electron chi connectivity index (χ4n) is 3.04. The highest BCUT2D eigenvalue weighted by Gasteiger charge is 2.49. The van der Waals surface area contributed by atoms with Crippen LogP contribution in [0.1, 0.15) is 22.8 Å². The zero-order valence-corrected chi connectivity index (χ0v) is 15.3. The van der Waals surface area contributed by atoms with Crippen molar-refractivity contribution < 1.29 is 23.9 Å². The fraction of sp³-hybridized carbons (Fsp3) is 0.250. The number of carbonyl (C=O) groups is 3. The third-order valence-electron chi connectivity index (χ3n) is 4.63. The first-order valence-corrected chi connectivity index (χ1v) is 8.35. The van der Waals surface area contributed by atoms with E-state index < -0.39 is 17.5 Å². The molecule has 1 unspecified atom stereocenters. The molecule has 0 radical (unpaired) electrons. The molecule has 0 aromatic heterocycles. The molecule has 140 valence electrons. The Morgan fingerprint density at radius 3 is 2.33 bits per heavy atom. The van der Waals surface area contributed by atoms with E-state index in [4.69, 9.17) is 9.47 Å². The van der Waals surface area contributed by atoms with Crippen molar-refractivity contribution in [2.45, 2.75) is 12.5 Å². The Morgan fingerprint density at radius 1 is 1.04 bits per heavy atom. The third kappa shape index (κ3) is 3.23. The number of methoxy groups -OCH3 is 2. The Kier molecular flexibility index (Phi) is 4.85. The molecule has 0 bridgehead atoms. The highest BCUT2D eigenvalue weighted by Crippen LogP contribution is 2.35. The van der Waals surface area contributed by atoms with Crippen LogP contribution in [0.5, 0.6) is 11.5 Å². The van der Waals surface area contributed by atoms with E-state index in [2.05, 4.69) is 5.32 Å². The van der Waals surface area contributed by atoms with Crippen LogP contribution in [0, 0.1) is 0 Å². The molecule has 1 heterocycles. The van der Waals surface area contributed by atoms with Crippen molar-refractivity contribution in [1.29, 1.82) is 0 Å². The molecular formula is C20H20N2O5. The number of imide groups is 1. The molecule has 2 aromatic rings. The van der Waals surface area contributed by atoms with Gasteiger partial charge in [-0.2, -0.15) is 0 Å². The van der Waals surface area contributed by atoms with E-state index in [-0.39, 0.29) is 12.3 Å². The van der Waals surface area contributed by atoms with Gasteiger partial charge in [-0.05, 0) is 24.6 Å². The van der Waals surface area contributed by atoms with E-state index in [0.717, 1.165) is 4.90 Å². The lowest BCUT2D eigenvalue weighted by Crippen LogP contribution is -2.41. The van der Waals surface area contributed by atoms with E-state index in [1.807, 2.05) is 0 Å². The Labute approximate surface area is 156 Å². The van der Waals surface area contributed by atoms with Crippen LogP contribution < -0.4 is 14.8 Å². The highest BCUT2D eigenvalue weighted by atomic mass is 16.5. The summed E-state index contributed by atoms with van der Waals surface area (Å²) in [5.74, 6) is 0.148. The highest BCUT2D eigenvalue weighted by molar-refractivity contribution is 6.11. The van der Waals surface area contributed by atoms with Gasteiger partial charge in [0.15, 0.2) is 17.3 Å². The molecule has 1 fully saturated rings. The number of urea groups is 1. The minimum absolute atomic E-state index is 0.310. The lowest BCUT2D eigenvalue weighted by Gasteiger charge is -2.23. The van der Waals surface area contributed by atoms with Gasteiger partial charge >= 0.3 is 6.03 Å². The summed E-state index contributed by atoms with van der Waals surface area (Å²) in [5.41, 5.74) is -0.320. The van der Waals surface area contributed by atoms with Crippen LogP contribution in [0.25, 0.3) is 0 Å². The number of hydrogen-bond acceptors (Lipinski definition) is 5. The molecule has 0 aliphatic carbocycles. The molecule has 1 aliphatic rings. The molecule has 3 rings (SSSR count). The summed E-state index contributed by atoms with van der Waals surface area (Å²) >= 11 is 0. The molecule has 7 nitrogen and oxygen atoms in total. The lowest BCUT2D eigenvalue weighted by molar-refractivity contribution is -0.130. The number of benzene rings is 2. The quantitative estimate of drug-likeness (QED) is 0.625. The molecule has 0 saturated carbocycles. The third-order valence-corrected chi connectivity index (χ3v) is 4.63. The SMILES string of the molecule is COc1ccc(C2(C)NC(=O)N(CC(=O)c3ccccc3)C2=O)cc1OC. The van der Waals surface area contributed by atoms with Gasteiger partial charge in [0.25, 0.3) is 5.91 Å². The average molecular weight is 368 g/mol. The van der Waals surface area contributed by atoms with Gasteiger partial charge in [0.1, 0.15) is 5.54 Å². The summed E-state index contributed by atoms with van der Waals surface area (Å²) in [5, 5.41) is 2.68. The van der Waals surface area contributed by atoms with Gasteiger partial charge in [-0.1, -0.05) is 36.4 Å². The van der Waals surface area contributed by atoms with Gasteiger partial charge < -0.3 is 14.8 Å². The van der Waals surface area contributed by atoms with Crippen LogP contribution in [-0.4, -0.2) is 43.4 Å². The standard InChI is InChI=1S/C20H20N2O5/c1-20(14-9-10-16(26-2)17(11-14)27-3)18(24)22(19(25)21-20)12-15(23)13-7-5-4-6-8-13/h4-11H,12H2,1-3H3,(H,21,25). The van der Waals surface area contributed by atoms with Crippen LogP contribution >= 0.6 is 0 Å². The Hall–Kier alpha value is -3.35. The average Bonchev–Trinajstić information content (AvgIpc) is 2.92. The molecule has 3 amide bonds. The maximum atomic E-state index is 13.0. The van der Waals surface area contributed by atoms with Gasteiger partial charge in [-0.15, -0.1) is 0 Å². The number of nitrogens with zero attached hydrogens (tertiary/aromatic N) is 1. The first-order chi connectivity index (χ1) is 12.9. The number of amides is 3. The largest absolute Gasteiger partial charge is 0.493 e. The summed E-state index contributed by atoms with van der Waals surface area (Å²) in [7, 11) is 3.00. The normalized spacial score (nSPS) is 19.0. The molecule has 1 saturated heterocycles. The Balaban J connectivity index is 1.87. The van der Waals surface area contributed by atoms with Crippen LogP contribution in [0.15, 0.2) is 48.5 Å². The number of rotatable bonds is 6. The van der Waals surface area contributed by atoms with Gasteiger partial charge in [0.2, 0.25) is 0 Å². The molecule has 0 spiro atoms. The summed E-state index contributed by atoms with van der Waals surface area (Å²) in [4.78, 5) is 38.7. The summed E-state index contributed by atoms with van der Waals surface area (Å²) < 4.78 is 10.5. The van der Waals surface area contributed by atoms with Gasteiger partial charge in [-0.25, -0.2) is 4.79 Å². The number of Topliss-reactive ketones (excluding diaryl/α,β-unsaturated/α-hetero) is 1. The first-order valence-electron chi connectivity index (χ1n) is 8.35. The van der Waals surface area contributed by atoms with Crippen molar-refractivity contribution in [1.82, 2.24) is 10.2 Å². The second-order valence-corrected chi connectivity index (χ2v) is 6.31. The molecule has 1 N–H and O–H groups in total. The van der Waals surface area contributed by atoms with Gasteiger partial charge in [0, 0.05) is 5.56 Å². The van der Waals surface area contributed by atoms with E-state index in [1.165, 1.54) is 14.2 Å². The second kappa shape index (κ2) is 7.11. The number of ether oxygens (including phenoxy) is 2. The van der Waals surface area contributed by atoms with E-state index in [9.17, 15) is 14.4 Å². The smallest absolute Gasteiger partial charge is 0.325 e. The molecule has 1 atom stereocenters. The summed E-state index contributed by atoms with van der Waals surface area (Å²) in [6.45, 7) is 1.28. The van der Waals surface area contributed by atoms with Crippen LogP contribution in [0.4, 0.5) is 4.79 Å². The van der Waals surface area contributed by atoms with Crippen LogP contribution in [0.3, 0.4) is 0 Å². The predicted molar refractivity (Wildman–Crippen MR) is 97.9 cm³/mol. The van der Waals surface area contributed by atoms with Crippen molar-refractivity contribution in [3.8, 4) is 11.5 Å². The first kappa shape index (κ1) is 18.4.